The Morgan fingerprint density at radius 1 is 1.44 bits per heavy atom. The molecular formula is C14H19ClN2O. The second-order valence-corrected chi connectivity index (χ2v) is 5.93. The second-order valence-electron chi connectivity index (χ2n) is 5.52. The molecule has 4 heteroatoms. The van der Waals surface area contributed by atoms with Crippen LogP contribution in [0, 0.1) is 6.92 Å². The molecule has 0 spiro atoms. The molecule has 0 aromatic heterocycles. The van der Waals surface area contributed by atoms with Gasteiger partial charge in [-0.25, -0.2) is 0 Å². The van der Waals surface area contributed by atoms with E-state index in [1.807, 2.05) is 30.0 Å². The highest BCUT2D eigenvalue weighted by atomic mass is 35.5. The number of carbonyl (C=O) groups excluding carboxylic acids is 1. The Labute approximate surface area is 113 Å². The van der Waals surface area contributed by atoms with E-state index < -0.39 is 0 Å². The van der Waals surface area contributed by atoms with Crippen molar-refractivity contribution in [1.82, 2.24) is 10.2 Å². The van der Waals surface area contributed by atoms with Crippen molar-refractivity contribution in [2.45, 2.75) is 26.3 Å². The highest BCUT2D eigenvalue weighted by molar-refractivity contribution is 6.33. The minimum Gasteiger partial charge on any atom is -0.335 e. The van der Waals surface area contributed by atoms with Crippen molar-refractivity contribution >= 4 is 17.5 Å². The van der Waals surface area contributed by atoms with E-state index >= 15 is 0 Å². The molecule has 1 aliphatic heterocycles. The molecule has 1 aromatic carbocycles. The number of halogens is 1. The summed E-state index contributed by atoms with van der Waals surface area (Å²) in [5, 5.41) is 3.93. The molecule has 98 valence electrons. The molecule has 3 nitrogen and oxygen atoms in total. The lowest BCUT2D eigenvalue weighted by atomic mass is 10.0. The summed E-state index contributed by atoms with van der Waals surface area (Å²) in [6, 6.07) is 5.57. The fourth-order valence-corrected chi connectivity index (χ4v) is 2.59. The number of aryl methyl sites for hydroxylation is 1. The average Bonchev–Trinajstić information content (AvgIpc) is 2.27. The van der Waals surface area contributed by atoms with Gasteiger partial charge in [0, 0.05) is 25.2 Å². The fourth-order valence-electron chi connectivity index (χ4n) is 2.28. The van der Waals surface area contributed by atoms with Gasteiger partial charge in [0.1, 0.15) is 0 Å². The van der Waals surface area contributed by atoms with Gasteiger partial charge in [-0.15, -0.1) is 0 Å². The lowest BCUT2D eigenvalue weighted by molar-refractivity contribution is 0.0652. The van der Waals surface area contributed by atoms with Gasteiger partial charge in [0.05, 0.1) is 10.6 Å². The van der Waals surface area contributed by atoms with Crippen LogP contribution in [0.15, 0.2) is 18.2 Å². The summed E-state index contributed by atoms with van der Waals surface area (Å²) in [6.07, 6.45) is 0. The average molecular weight is 267 g/mol. The predicted octanol–water partition coefficient (Wildman–Crippen LogP) is 2.47. The topological polar surface area (TPSA) is 32.3 Å². The normalized spacial score (nSPS) is 18.8. The largest absolute Gasteiger partial charge is 0.335 e. The highest BCUT2D eigenvalue weighted by Crippen LogP contribution is 2.21. The molecule has 0 atom stereocenters. The minimum absolute atomic E-state index is 0.0228. The first-order chi connectivity index (χ1) is 8.39. The monoisotopic (exact) mass is 266 g/mol. The van der Waals surface area contributed by atoms with E-state index in [4.69, 9.17) is 11.6 Å². The van der Waals surface area contributed by atoms with Gasteiger partial charge in [-0.05, 0) is 38.5 Å². The first-order valence-electron chi connectivity index (χ1n) is 6.19. The van der Waals surface area contributed by atoms with Crippen LogP contribution in [0.1, 0.15) is 29.8 Å². The molecule has 18 heavy (non-hydrogen) atoms. The van der Waals surface area contributed by atoms with Gasteiger partial charge in [0.2, 0.25) is 0 Å². The number of nitrogens with zero attached hydrogens (tertiary/aromatic N) is 1. The lowest BCUT2D eigenvalue weighted by Gasteiger charge is -2.39. The molecule has 0 bridgehead atoms. The number of nitrogens with one attached hydrogen (secondary N) is 1. The molecule has 0 saturated carbocycles. The van der Waals surface area contributed by atoms with Gasteiger partial charge in [0.25, 0.3) is 5.91 Å². The fraction of sp³-hybridized carbons (Fsp3) is 0.500. The third-order valence-corrected chi connectivity index (χ3v) is 3.53. The number of carbonyl (C=O) groups is 1. The second kappa shape index (κ2) is 4.90. The maximum atomic E-state index is 12.4. The molecule has 0 aliphatic carbocycles. The van der Waals surface area contributed by atoms with E-state index in [1.165, 1.54) is 0 Å². The molecule has 1 fully saturated rings. The van der Waals surface area contributed by atoms with Crippen molar-refractivity contribution in [2.75, 3.05) is 19.6 Å². The summed E-state index contributed by atoms with van der Waals surface area (Å²) in [5.74, 6) is 0.0228. The maximum absolute atomic E-state index is 12.4. The molecule has 0 radical (unpaired) electrons. The molecule has 2 rings (SSSR count). The third kappa shape index (κ3) is 2.85. The molecule has 1 heterocycles. The van der Waals surface area contributed by atoms with Crippen LogP contribution in [-0.2, 0) is 0 Å². The van der Waals surface area contributed by atoms with Crippen molar-refractivity contribution in [3.63, 3.8) is 0 Å². The number of hydrogen-bond acceptors (Lipinski definition) is 2. The van der Waals surface area contributed by atoms with E-state index in [0.717, 1.165) is 18.7 Å². The molecule has 0 unspecified atom stereocenters. The lowest BCUT2D eigenvalue weighted by Crippen LogP contribution is -2.58. The van der Waals surface area contributed by atoms with Crippen LogP contribution < -0.4 is 5.32 Å². The molecular weight excluding hydrogens is 248 g/mol. The van der Waals surface area contributed by atoms with Crippen LogP contribution in [0.4, 0.5) is 0 Å². The van der Waals surface area contributed by atoms with Crippen molar-refractivity contribution in [2.24, 2.45) is 0 Å². The van der Waals surface area contributed by atoms with E-state index in [9.17, 15) is 4.79 Å². The van der Waals surface area contributed by atoms with Gasteiger partial charge in [-0.1, -0.05) is 17.7 Å². The predicted molar refractivity (Wildman–Crippen MR) is 74.2 cm³/mol. The zero-order valence-electron chi connectivity index (χ0n) is 11.1. The molecule has 1 aliphatic rings. The SMILES string of the molecule is Cc1ccc(C(=O)N2CCNC(C)(C)C2)c(Cl)c1. The summed E-state index contributed by atoms with van der Waals surface area (Å²) in [5.41, 5.74) is 1.63. The van der Waals surface area contributed by atoms with E-state index in [0.29, 0.717) is 17.1 Å². The summed E-state index contributed by atoms with van der Waals surface area (Å²) >= 11 is 6.15. The Bertz CT molecular complexity index is 471. The Kier molecular flexibility index (Phi) is 3.64. The van der Waals surface area contributed by atoms with Crippen molar-refractivity contribution in [1.29, 1.82) is 0 Å². The highest BCUT2D eigenvalue weighted by Gasteiger charge is 2.29. The first kappa shape index (κ1) is 13.4. The zero-order valence-corrected chi connectivity index (χ0v) is 11.8. The summed E-state index contributed by atoms with van der Waals surface area (Å²) < 4.78 is 0. The number of benzene rings is 1. The van der Waals surface area contributed by atoms with Gasteiger partial charge in [-0.3, -0.25) is 4.79 Å². The zero-order chi connectivity index (χ0) is 13.3. The number of rotatable bonds is 1. The van der Waals surface area contributed by atoms with Gasteiger partial charge >= 0.3 is 0 Å². The van der Waals surface area contributed by atoms with Crippen LogP contribution in [0.3, 0.4) is 0 Å². The number of piperazine rings is 1. The quantitative estimate of drug-likeness (QED) is 0.847. The van der Waals surface area contributed by atoms with Crippen LogP contribution in [0.5, 0.6) is 0 Å². The van der Waals surface area contributed by atoms with E-state index in [-0.39, 0.29) is 11.4 Å². The Morgan fingerprint density at radius 2 is 2.17 bits per heavy atom. The van der Waals surface area contributed by atoms with Gasteiger partial charge < -0.3 is 10.2 Å². The van der Waals surface area contributed by atoms with Gasteiger partial charge in [-0.2, -0.15) is 0 Å². The summed E-state index contributed by atoms with van der Waals surface area (Å²) in [4.78, 5) is 14.3. The molecule has 1 saturated heterocycles. The smallest absolute Gasteiger partial charge is 0.255 e. The van der Waals surface area contributed by atoms with Crippen molar-refractivity contribution in [3.8, 4) is 0 Å². The van der Waals surface area contributed by atoms with Gasteiger partial charge in [0.15, 0.2) is 0 Å². The van der Waals surface area contributed by atoms with E-state index in [1.54, 1.807) is 0 Å². The van der Waals surface area contributed by atoms with Crippen molar-refractivity contribution in [3.05, 3.63) is 34.3 Å². The number of hydrogen-bond donors (Lipinski definition) is 1. The molecule has 1 amide bonds. The Balaban J connectivity index is 2.20. The Hall–Kier alpha value is -1.06. The van der Waals surface area contributed by atoms with Crippen LogP contribution in [0.2, 0.25) is 5.02 Å². The van der Waals surface area contributed by atoms with Crippen LogP contribution in [-0.4, -0.2) is 36.0 Å². The van der Waals surface area contributed by atoms with Crippen LogP contribution >= 0.6 is 11.6 Å². The third-order valence-electron chi connectivity index (χ3n) is 3.21. The summed E-state index contributed by atoms with van der Waals surface area (Å²) in [7, 11) is 0. The summed E-state index contributed by atoms with van der Waals surface area (Å²) in [6.45, 7) is 8.42. The van der Waals surface area contributed by atoms with Crippen LogP contribution in [0.25, 0.3) is 0 Å². The molecule has 1 N–H and O–H groups in total. The maximum Gasteiger partial charge on any atom is 0.255 e. The first-order valence-corrected chi connectivity index (χ1v) is 6.57. The Morgan fingerprint density at radius 3 is 2.78 bits per heavy atom. The molecule has 1 aromatic rings. The standard InChI is InChI=1S/C14H19ClN2O/c1-10-4-5-11(12(15)8-10)13(18)17-7-6-16-14(2,3)9-17/h4-5,8,16H,6-7,9H2,1-3H3. The minimum atomic E-state index is -0.0366. The van der Waals surface area contributed by atoms with E-state index in [2.05, 4.69) is 19.2 Å². The number of amides is 1. The van der Waals surface area contributed by atoms with Crippen molar-refractivity contribution < 1.29 is 4.79 Å².